The van der Waals surface area contributed by atoms with Gasteiger partial charge in [0.2, 0.25) is 0 Å². The molecule has 0 fully saturated rings. The molecule has 0 saturated heterocycles. The molecule has 2 heterocycles. The van der Waals surface area contributed by atoms with Gasteiger partial charge in [-0.25, -0.2) is 0 Å². The van der Waals surface area contributed by atoms with Crippen molar-refractivity contribution in [1.82, 2.24) is 15.2 Å². The van der Waals surface area contributed by atoms with Gasteiger partial charge < -0.3 is 10.3 Å². The molecule has 0 spiro atoms. The van der Waals surface area contributed by atoms with E-state index < -0.39 is 0 Å². The molecule has 0 aliphatic carbocycles. The van der Waals surface area contributed by atoms with Crippen LogP contribution in [0.15, 0.2) is 42.6 Å². The second kappa shape index (κ2) is 5.56. The fraction of sp³-hybridized carbons (Fsp3) is 0.143. The normalized spacial score (nSPS) is 10.8. The van der Waals surface area contributed by atoms with Crippen molar-refractivity contribution in [3.8, 4) is 0 Å². The van der Waals surface area contributed by atoms with Crippen LogP contribution in [0.4, 0.5) is 5.82 Å². The van der Waals surface area contributed by atoms with Crippen molar-refractivity contribution in [2.24, 2.45) is 0 Å². The van der Waals surface area contributed by atoms with Crippen LogP contribution in [0.3, 0.4) is 0 Å². The first-order valence-corrected chi connectivity index (χ1v) is 7.19. The molecule has 0 amide bonds. The van der Waals surface area contributed by atoms with E-state index in [1.807, 2.05) is 18.2 Å². The van der Waals surface area contributed by atoms with Crippen molar-refractivity contribution >= 4 is 39.3 Å². The van der Waals surface area contributed by atoms with Crippen LogP contribution in [0, 0.1) is 3.70 Å². The van der Waals surface area contributed by atoms with Gasteiger partial charge in [0, 0.05) is 23.6 Å². The first kappa shape index (κ1) is 12.4. The number of aromatic nitrogens is 3. The average Bonchev–Trinajstić information content (AvgIpc) is 2.85. The quantitative estimate of drug-likeness (QED) is 0.699. The molecule has 19 heavy (non-hydrogen) atoms. The standard InChI is InChI=1S/C14H13IN4/c15-13-5-6-14(19-18-13)16-8-7-10-9-17-12-4-2-1-3-11(10)12/h1-6,9,17H,7-8H2,(H,16,19). The number of para-hydroxylation sites is 1. The van der Waals surface area contributed by atoms with E-state index in [9.17, 15) is 0 Å². The van der Waals surface area contributed by atoms with Crippen molar-refractivity contribution in [2.75, 3.05) is 11.9 Å². The van der Waals surface area contributed by atoms with E-state index in [2.05, 4.69) is 67.5 Å². The van der Waals surface area contributed by atoms with E-state index in [1.165, 1.54) is 16.5 Å². The molecule has 5 heteroatoms. The van der Waals surface area contributed by atoms with Gasteiger partial charge in [-0.1, -0.05) is 18.2 Å². The van der Waals surface area contributed by atoms with Crippen molar-refractivity contribution in [1.29, 1.82) is 0 Å². The monoisotopic (exact) mass is 364 g/mol. The van der Waals surface area contributed by atoms with Gasteiger partial charge >= 0.3 is 0 Å². The molecule has 0 aliphatic rings. The van der Waals surface area contributed by atoms with Gasteiger partial charge in [0.15, 0.2) is 0 Å². The Balaban J connectivity index is 1.65. The summed E-state index contributed by atoms with van der Waals surface area (Å²) in [6, 6.07) is 12.2. The van der Waals surface area contributed by atoms with Crippen molar-refractivity contribution in [2.45, 2.75) is 6.42 Å². The molecule has 3 rings (SSSR count). The summed E-state index contributed by atoms with van der Waals surface area (Å²) in [5.74, 6) is 0.820. The van der Waals surface area contributed by atoms with Gasteiger partial charge in [0.25, 0.3) is 0 Å². The Bertz CT molecular complexity index is 675. The highest BCUT2D eigenvalue weighted by atomic mass is 127. The Morgan fingerprint density at radius 3 is 2.84 bits per heavy atom. The number of benzene rings is 1. The van der Waals surface area contributed by atoms with E-state index in [4.69, 9.17) is 0 Å². The number of anilines is 1. The van der Waals surface area contributed by atoms with Gasteiger partial charge in [-0.05, 0) is 52.8 Å². The highest BCUT2D eigenvalue weighted by Gasteiger charge is 2.02. The Morgan fingerprint density at radius 1 is 1.11 bits per heavy atom. The van der Waals surface area contributed by atoms with E-state index in [-0.39, 0.29) is 0 Å². The van der Waals surface area contributed by atoms with E-state index in [1.54, 1.807) is 0 Å². The van der Waals surface area contributed by atoms with Gasteiger partial charge in [-0.15, -0.1) is 10.2 Å². The lowest BCUT2D eigenvalue weighted by atomic mass is 10.1. The first-order chi connectivity index (χ1) is 9.33. The summed E-state index contributed by atoms with van der Waals surface area (Å²) in [5.41, 5.74) is 2.51. The number of aromatic amines is 1. The van der Waals surface area contributed by atoms with Crippen LogP contribution in [0.5, 0.6) is 0 Å². The van der Waals surface area contributed by atoms with E-state index in [0.717, 1.165) is 22.5 Å². The highest BCUT2D eigenvalue weighted by Crippen LogP contribution is 2.18. The summed E-state index contributed by atoms with van der Waals surface area (Å²) >= 11 is 2.15. The summed E-state index contributed by atoms with van der Waals surface area (Å²) in [5, 5.41) is 12.7. The minimum atomic E-state index is 0.820. The van der Waals surface area contributed by atoms with Crippen LogP contribution in [0.1, 0.15) is 5.56 Å². The van der Waals surface area contributed by atoms with Crippen LogP contribution in [-0.2, 0) is 6.42 Å². The molecule has 2 N–H and O–H groups in total. The molecule has 0 radical (unpaired) electrons. The molecule has 96 valence electrons. The van der Waals surface area contributed by atoms with Gasteiger partial charge in [0.05, 0.1) is 0 Å². The van der Waals surface area contributed by atoms with Gasteiger partial charge in [0.1, 0.15) is 9.52 Å². The Morgan fingerprint density at radius 2 is 2.00 bits per heavy atom. The maximum absolute atomic E-state index is 4.08. The fourth-order valence-electron chi connectivity index (χ4n) is 2.07. The number of nitrogens with one attached hydrogen (secondary N) is 2. The highest BCUT2D eigenvalue weighted by molar-refractivity contribution is 14.1. The number of fused-ring (bicyclic) bond motifs is 1. The van der Waals surface area contributed by atoms with Crippen LogP contribution < -0.4 is 5.32 Å². The zero-order chi connectivity index (χ0) is 13.1. The third-order valence-corrected chi connectivity index (χ3v) is 3.58. The van der Waals surface area contributed by atoms with Crippen LogP contribution in [0.25, 0.3) is 10.9 Å². The molecule has 4 nitrogen and oxygen atoms in total. The number of halogens is 1. The minimum Gasteiger partial charge on any atom is -0.368 e. The summed E-state index contributed by atoms with van der Waals surface area (Å²) < 4.78 is 0.903. The zero-order valence-corrected chi connectivity index (χ0v) is 12.4. The minimum absolute atomic E-state index is 0.820. The van der Waals surface area contributed by atoms with E-state index in [0.29, 0.717) is 0 Å². The summed E-state index contributed by atoms with van der Waals surface area (Å²) in [6.07, 6.45) is 3.03. The van der Waals surface area contributed by atoms with Crippen LogP contribution in [-0.4, -0.2) is 21.7 Å². The fourth-order valence-corrected chi connectivity index (χ4v) is 2.36. The summed E-state index contributed by atoms with van der Waals surface area (Å²) in [6.45, 7) is 0.844. The van der Waals surface area contributed by atoms with Gasteiger partial charge in [-0.3, -0.25) is 0 Å². The molecule has 1 aromatic carbocycles. The summed E-state index contributed by atoms with van der Waals surface area (Å²) in [7, 11) is 0. The van der Waals surface area contributed by atoms with Gasteiger partial charge in [-0.2, -0.15) is 0 Å². The number of H-pyrrole nitrogens is 1. The molecule has 3 aromatic rings. The lowest BCUT2D eigenvalue weighted by Crippen LogP contribution is -2.06. The maximum atomic E-state index is 4.08. The Labute approximate surface area is 124 Å². The predicted molar refractivity (Wildman–Crippen MR) is 85.2 cm³/mol. The molecule has 0 saturated carbocycles. The molecule has 0 bridgehead atoms. The molecule has 0 aliphatic heterocycles. The Hall–Kier alpha value is -1.63. The maximum Gasteiger partial charge on any atom is 0.148 e. The summed E-state index contributed by atoms with van der Waals surface area (Å²) in [4.78, 5) is 3.29. The average molecular weight is 364 g/mol. The molecule has 0 atom stereocenters. The number of nitrogens with zero attached hydrogens (tertiary/aromatic N) is 2. The molecule has 2 aromatic heterocycles. The number of hydrogen-bond donors (Lipinski definition) is 2. The third-order valence-electron chi connectivity index (χ3n) is 3.01. The van der Waals surface area contributed by atoms with Crippen molar-refractivity contribution < 1.29 is 0 Å². The second-order valence-corrected chi connectivity index (χ2v) is 5.38. The molecular weight excluding hydrogens is 351 g/mol. The van der Waals surface area contributed by atoms with E-state index >= 15 is 0 Å². The Kier molecular flexibility index (Phi) is 3.63. The van der Waals surface area contributed by atoms with Crippen molar-refractivity contribution in [3.05, 3.63) is 51.9 Å². The first-order valence-electron chi connectivity index (χ1n) is 6.11. The predicted octanol–water partition coefficient (Wildman–Crippen LogP) is 3.22. The van der Waals surface area contributed by atoms with Crippen molar-refractivity contribution in [3.63, 3.8) is 0 Å². The van der Waals surface area contributed by atoms with Crippen LogP contribution >= 0.6 is 22.6 Å². The number of hydrogen-bond acceptors (Lipinski definition) is 3. The third kappa shape index (κ3) is 2.86. The largest absolute Gasteiger partial charge is 0.368 e. The smallest absolute Gasteiger partial charge is 0.148 e. The lowest BCUT2D eigenvalue weighted by molar-refractivity contribution is 0.958. The molecular formula is C14H13IN4. The van der Waals surface area contributed by atoms with Crippen LogP contribution in [0.2, 0.25) is 0 Å². The second-order valence-electron chi connectivity index (χ2n) is 4.28. The SMILES string of the molecule is Ic1ccc(NCCc2c[nH]c3ccccc23)nn1. The zero-order valence-electron chi connectivity index (χ0n) is 10.2. The topological polar surface area (TPSA) is 53.6 Å². The molecule has 0 unspecified atom stereocenters. The lowest BCUT2D eigenvalue weighted by Gasteiger charge is -2.04. The number of rotatable bonds is 4.